The quantitative estimate of drug-likeness (QED) is 0.665. The van der Waals surface area contributed by atoms with Crippen molar-refractivity contribution in [1.82, 2.24) is 0 Å². The Balaban J connectivity index is 3.09. The van der Waals surface area contributed by atoms with Gasteiger partial charge in [0.25, 0.3) is 5.69 Å². The van der Waals surface area contributed by atoms with Gasteiger partial charge >= 0.3 is 0 Å². The van der Waals surface area contributed by atoms with Crippen LogP contribution in [-0.2, 0) is 4.79 Å². The minimum absolute atomic E-state index is 0.0621. The zero-order valence-electron chi connectivity index (χ0n) is 11.1. The third kappa shape index (κ3) is 2.88. The molecule has 0 heterocycles. The lowest BCUT2D eigenvalue weighted by Crippen LogP contribution is -2.31. The number of rotatable bonds is 4. The van der Waals surface area contributed by atoms with Crippen LogP contribution in [0, 0.1) is 33.8 Å². The fraction of sp³-hybridized carbons (Fsp3) is 0.385. The normalized spacial score (nSPS) is 13.2. The highest BCUT2D eigenvalue weighted by Crippen LogP contribution is 2.28. The molecule has 0 saturated heterocycles. The van der Waals surface area contributed by atoms with E-state index in [2.05, 4.69) is 5.32 Å². The summed E-state index contributed by atoms with van der Waals surface area (Å²) in [7, 11) is 0. The molecule has 1 rings (SSSR count). The summed E-state index contributed by atoms with van der Waals surface area (Å²) in [6.07, 6.45) is 0.364. The molecule has 1 aromatic rings. The molecule has 0 spiro atoms. The van der Waals surface area contributed by atoms with Crippen molar-refractivity contribution in [2.24, 2.45) is 5.41 Å². The molecule has 0 radical (unpaired) electrons. The number of carbonyl (C=O) groups excluding carboxylic acids is 1. The second kappa shape index (κ2) is 5.48. The third-order valence-corrected chi connectivity index (χ3v) is 3.21. The maximum atomic E-state index is 12.0. The largest absolute Gasteiger partial charge is 0.324 e. The Bertz CT molecular complexity index is 563. The SMILES string of the molecule is CCC(C)(C#N)C(=O)Nc1cccc([N+](=O)[O-])c1C. The van der Waals surface area contributed by atoms with E-state index in [4.69, 9.17) is 5.26 Å². The van der Waals surface area contributed by atoms with E-state index >= 15 is 0 Å². The van der Waals surface area contributed by atoms with Crippen molar-refractivity contribution in [2.75, 3.05) is 5.32 Å². The van der Waals surface area contributed by atoms with Crippen LogP contribution in [0.4, 0.5) is 11.4 Å². The van der Waals surface area contributed by atoms with Crippen LogP contribution in [0.2, 0.25) is 0 Å². The smallest absolute Gasteiger partial charge is 0.274 e. The molecule has 100 valence electrons. The van der Waals surface area contributed by atoms with E-state index in [-0.39, 0.29) is 5.69 Å². The Hall–Kier alpha value is -2.42. The van der Waals surface area contributed by atoms with Gasteiger partial charge < -0.3 is 5.32 Å². The van der Waals surface area contributed by atoms with Gasteiger partial charge in [0.2, 0.25) is 5.91 Å². The average Bonchev–Trinajstić information content (AvgIpc) is 2.39. The Morgan fingerprint density at radius 3 is 2.68 bits per heavy atom. The molecule has 0 aliphatic rings. The van der Waals surface area contributed by atoms with E-state index in [0.29, 0.717) is 17.7 Å². The van der Waals surface area contributed by atoms with E-state index in [1.54, 1.807) is 19.9 Å². The molecule has 1 N–H and O–H groups in total. The second-order valence-corrected chi connectivity index (χ2v) is 4.46. The Morgan fingerprint density at radius 1 is 1.58 bits per heavy atom. The van der Waals surface area contributed by atoms with Crippen LogP contribution in [-0.4, -0.2) is 10.8 Å². The maximum Gasteiger partial charge on any atom is 0.274 e. The Morgan fingerprint density at radius 2 is 2.21 bits per heavy atom. The molecular weight excluding hydrogens is 246 g/mol. The summed E-state index contributed by atoms with van der Waals surface area (Å²) in [4.78, 5) is 22.3. The summed E-state index contributed by atoms with van der Waals surface area (Å²) < 4.78 is 0. The van der Waals surface area contributed by atoms with Crippen molar-refractivity contribution in [3.63, 3.8) is 0 Å². The number of nitrogens with zero attached hydrogens (tertiary/aromatic N) is 2. The van der Waals surface area contributed by atoms with Crippen molar-refractivity contribution in [2.45, 2.75) is 27.2 Å². The zero-order chi connectivity index (χ0) is 14.6. The fourth-order valence-corrected chi connectivity index (χ4v) is 1.51. The molecule has 1 amide bonds. The van der Waals surface area contributed by atoms with E-state index < -0.39 is 16.2 Å². The highest BCUT2D eigenvalue weighted by molar-refractivity contribution is 5.97. The molecule has 0 saturated carbocycles. The van der Waals surface area contributed by atoms with Crippen LogP contribution < -0.4 is 5.32 Å². The number of nitrogens with one attached hydrogen (secondary N) is 1. The summed E-state index contributed by atoms with van der Waals surface area (Å²) in [6.45, 7) is 4.83. The zero-order valence-corrected chi connectivity index (χ0v) is 11.1. The van der Waals surface area contributed by atoms with Gasteiger partial charge in [-0.2, -0.15) is 5.26 Å². The van der Waals surface area contributed by atoms with E-state index in [0.717, 1.165) is 0 Å². The van der Waals surface area contributed by atoms with Gasteiger partial charge in [0.05, 0.1) is 22.2 Å². The number of nitriles is 1. The highest BCUT2D eigenvalue weighted by atomic mass is 16.6. The van der Waals surface area contributed by atoms with Crippen molar-refractivity contribution >= 4 is 17.3 Å². The van der Waals surface area contributed by atoms with Crippen molar-refractivity contribution < 1.29 is 9.72 Å². The monoisotopic (exact) mass is 261 g/mol. The van der Waals surface area contributed by atoms with Crippen LogP contribution in [0.25, 0.3) is 0 Å². The number of amides is 1. The predicted molar refractivity (Wildman–Crippen MR) is 70.5 cm³/mol. The van der Waals surface area contributed by atoms with Gasteiger partial charge in [0.15, 0.2) is 0 Å². The van der Waals surface area contributed by atoms with Crippen molar-refractivity contribution in [3.8, 4) is 6.07 Å². The third-order valence-electron chi connectivity index (χ3n) is 3.21. The summed E-state index contributed by atoms with van der Waals surface area (Å²) in [5.74, 6) is -0.457. The van der Waals surface area contributed by atoms with E-state index in [1.807, 2.05) is 6.07 Å². The fourth-order valence-electron chi connectivity index (χ4n) is 1.51. The first-order valence-corrected chi connectivity index (χ1v) is 5.82. The van der Waals surface area contributed by atoms with Crippen LogP contribution in [0.3, 0.4) is 0 Å². The molecule has 6 nitrogen and oxygen atoms in total. The molecule has 0 aromatic heterocycles. The van der Waals surface area contributed by atoms with Gasteiger partial charge in [-0.1, -0.05) is 13.0 Å². The average molecular weight is 261 g/mol. The van der Waals surface area contributed by atoms with Gasteiger partial charge in [-0.3, -0.25) is 14.9 Å². The first-order valence-electron chi connectivity index (χ1n) is 5.82. The summed E-state index contributed by atoms with van der Waals surface area (Å²) in [6, 6.07) is 6.40. The lowest BCUT2D eigenvalue weighted by molar-refractivity contribution is -0.385. The molecule has 1 aromatic carbocycles. The number of hydrogen-bond acceptors (Lipinski definition) is 4. The Labute approximate surface area is 111 Å². The lowest BCUT2D eigenvalue weighted by Gasteiger charge is -2.19. The standard InChI is InChI=1S/C13H15N3O3/c1-4-13(3,8-14)12(17)15-10-6-5-7-11(9(10)2)16(18)19/h5-7H,4H2,1-3H3,(H,15,17). The van der Waals surface area contributed by atoms with E-state index in [1.165, 1.54) is 19.1 Å². The van der Waals surface area contributed by atoms with Gasteiger partial charge in [0, 0.05) is 6.07 Å². The first-order chi connectivity index (χ1) is 8.85. The number of anilines is 1. The first kappa shape index (κ1) is 14.6. The van der Waals surface area contributed by atoms with Crippen LogP contribution in [0.1, 0.15) is 25.8 Å². The van der Waals surface area contributed by atoms with Crippen molar-refractivity contribution in [3.05, 3.63) is 33.9 Å². The second-order valence-electron chi connectivity index (χ2n) is 4.46. The lowest BCUT2D eigenvalue weighted by atomic mass is 9.88. The topological polar surface area (TPSA) is 96.0 Å². The minimum Gasteiger partial charge on any atom is -0.324 e. The molecule has 1 unspecified atom stereocenters. The van der Waals surface area contributed by atoms with E-state index in [9.17, 15) is 14.9 Å². The molecule has 0 aliphatic heterocycles. The van der Waals surface area contributed by atoms with Crippen LogP contribution >= 0.6 is 0 Å². The molecule has 0 aliphatic carbocycles. The van der Waals surface area contributed by atoms with Gasteiger partial charge in [-0.15, -0.1) is 0 Å². The van der Waals surface area contributed by atoms with Gasteiger partial charge in [-0.25, -0.2) is 0 Å². The molecule has 0 fully saturated rings. The summed E-state index contributed by atoms with van der Waals surface area (Å²) in [5.41, 5.74) is -0.476. The predicted octanol–water partition coefficient (Wildman–Crippen LogP) is 2.78. The highest BCUT2D eigenvalue weighted by Gasteiger charge is 2.31. The molecule has 6 heteroatoms. The Kier molecular flexibility index (Phi) is 4.22. The van der Waals surface area contributed by atoms with Crippen LogP contribution in [0.5, 0.6) is 0 Å². The number of nitro groups is 1. The van der Waals surface area contributed by atoms with Gasteiger partial charge in [-0.05, 0) is 26.3 Å². The maximum absolute atomic E-state index is 12.0. The summed E-state index contributed by atoms with van der Waals surface area (Å²) >= 11 is 0. The number of benzene rings is 1. The molecule has 1 atom stereocenters. The molecular formula is C13H15N3O3. The molecule has 0 bridgehead atoms. The number of nitro benzene ring substituents is 1. The van der Waals surface area contributed by atoms with Crippen LogP contribution in [0.15, 0.2) is 18.2 Å². The number of carbonyl (C=O) groups is 1. The minimum atomic E-state index is -1.14. The molecule has 19 heavy (non-hydrogen) atoms. The van der Waals surface area contributed by atoms with Crippen molar-refractivity contribution in [1.29, 1.82) is 5.26 Å². The number of hydrogen-bond donors (Lipinski definition) is 1. The van der Waals surface area contributed by atoms with Gasteiger partial charge in [0.1, 0.15) is 5.41 Å². The summed E-state index contributed by atoms with van der Waals surface area (Å²) in [5, 5.41) is 22.4.